The minimum atomic E-state index is -3.77. The van der Waals surface area contributed by atoms with Crippen molar-refractivity contribution in [1.82, 2.24) is 25.1 Å². The molecule has 1 aromatic heterocycles. The first kappa shape index (κ1) is 26.6. The van der Waals surface area contributed by atoms with Gasteiger partial charge in [-0.25, -0.2) is 13.4 Å². The Kier molecular flexibility index (Phi) is 7.22. The molecular weight excluding hydrogens is 506 g/mol. The Labute approximate surface area is 215 Å². The highest BCUT2D eigenvalue weighted by atomic mass is 35.5. The van der Waals surface area contributed by atoms with Crippen LogP contribution in [-0.2, 0) is 22.9 Å². The lowest BCUT2D eigenvalue weighted by molar-refractivity contribution is 0.0697. The number of nitrogens with zero attached hydrogens (tertiary/aromatic N) is 3. The molecule has 0 spiro atoms. The van der Waals surface area contributed by atoms with Crippen LogP contribution in [0, 0.1) is 0 Å². The number of aliphatic hydroxyl groups excluding tert-OH is 1. The van der Waals surface area contributed by atoms with E-state index in [4.69, 9.17) is 11.6 Å². The molecule has 2 aliphatic rings. The minimum absolute atomic E-state index is 0.0488. The lowest BCUT2D eigenvalue weighted by Crippen LogP contribution is -2.56. The number of likely N-dealkylation sites (N-methyl/N-ethyl adjacent to an activating group) is 1. The largest absolute Gasteiger partial charge is 0.390 e. The summed E-state index contributed by atoms with van der Waals surface area (Å²) < 4.78 is 26.3. The average molecular weight is 538 g/mol. The van der Waals surface area contributed by atoms with Crippen LogP contribution in [0.2, 0.25) is 5.02 Å². The lowest BCUT2D eigenvalue weighted by Gasteiger charge is -2.37. The SMILES string of the molecule is CNCC(O)C(C)(C)S(=O)(=O)C1(CN2CCn3c(cnc3C(=O)NCc3ccc(Cl)cc3)C2=O)CC1. The van der Waals surface area contributed by atoms with Gasteiger partial charge in [0.15, 0.2) is 15.7 Å². The summed E-state index contributed by atoms with van der Waals surface area (Å²) >= 11 is 5.89. The Hall–Kier alpha value is -2.47. The van der Waals surface area contributed by atoms with Crippen LogP contribution < -0.4 is 10.6 Å². The van der Waals surface area contributed by atoms with Crippen molar-refractivity contribution in [3.63, 3.8) is 0 Å². The van der Waals surface area contributed by atoms with Gasteiger partial charge in [-0.2, -0.15) is 0 Å². The number of halogens is 1. The highest BCUT2D eigenvalue weighted by Crippen LogP contribution is 2.49. The molecule has 4 rings (SSSR count). The Morgan fingerprint density at radius 1 is 1.25 bits per heavy atom. The van der Waals surface area contributed by atoms with Crippen molar-refractivity contribution >= 4 is 33.3 Å². The minimum Gasteiger partial charge on any atom is -0.390 e. The first-order chi connectivity index (χ1) is 16.9. The number of rotatable bonds is 10. The van der Waals surface area contributed by atoms with E-state index in [9.17, 15) is 23.1 Å². The fourth-order valence-electron chi connectivity index (χ4n) is 4.63. The van der Waals surface area contributed by atoms with E-state index in [0.717, 1.165) is 5.56 Å². The van der Waals surface area contributed by atoms with Gasteiger partial charge in [0.2, 0.25) is 0 Å². The summed E-state index contributed by atoms with van der Waals surface area (Å²) in [5, 5.41) is 16.7. The Morgan fingerprint density at radius 3 is 2.53 bits per heavy atom. The van der Waals surface area contributed by atoms with Gasteiger partial charge in [-0.1, -0.05) is 23.7 Å². The molecule has 2 heterocycles. The number of carbonyl (C=O) groups excluding carboxylic acids is 2. The van der Waals surface area contributed by atoms with E-state index >= 15 is 0 Å². The molecule has 2 amide bonds. The van der Waals surface area contributed by atoms with E-state index in [1.165, 1.54) is 24.9 Å². The van der Waals surface area contributed by atoms with Crippen LogP contribution in [0.4, 0.5) is 0 Å². The van der Waals surface area contributed by atoms with Gasteiger partial charge < -0.3 is 25.2 Å². The van der Waals surface area contributed by atoms with Gasteiger partial charge in [-0.3, -0.25) is 9.59 Å². The molecule has 10 nitrogen and oxygen atoms in total. The van der Waals surface area contributed by atoms with Crippen molar-refractivity contribution in [2.45, 2.75) is 55.4 Å². The molecule has 1 fully saturated rings. The van der Waals surface area contributed by atoms with Crippen LogP contribution in [0.1, 0.15) is 53.4 Å². The quantitative estimate of drug-likeness (QED) is 0.415. The maximum Gasteiger partial charge on any atom is 0.287 e. The monoisotopic (exact) mass is 537 g/mol. The average Bonchev–Trinajstić information content (AvgIpc) is 3.50. The van der Waals surface area contributed by atoms with Crippen molar-refractivity contribution in [3.8, 4) is 0 Å². The molecule has 1 unspecified atom stereocenters. The maximum absolute atomic E-state index is 13.6. The predicted octanol–water partition coefficient (Wildman–Crippen LogP) is 1.23. The van der Waals surface area contributed by atoms with Crippen LogP contribution in [0.5, 0.6) is 0 Å². The molecule has 0 radical (unpaired) electrons. The molecule has 36 heavy (non-hydrogen) atoms. The second-order valence-electron chi connectivity index (χ2n) is 10.0. The number of amides is 2. The number of fused-ring (bicyclic) bond motifs is 1. The molecule has 12 heteroatoms. The summed E-state index contributed by atoms with van der Waals surface area (Å²) in [4.78, 5) is 31.7. The van der Waals surface area contributed by atoms with Crippen LogP contribution in [0.15, 0.2) is 30.5 Å². The van der Waals surface area contributed by atoms with E-state index in [1.807, 2.05) is 12.1 Å². The van der Waals surface area contributed by atoms with Crippen LogP contribution in [-0.4, -0.2) is 82.1 Å². The Balaban J connectivity index is 1.46. The molecule has 1 aliphatic carbocycles. The second-order valence-corrected chi connectivity index (χ2v) is 13.4. The molecule has 0 bridgehead atoms. The van der Waals surface area contributed by atoms with Gasteiger partial charge in [0.1, 0.15) is 5.69 Å². The Morgan fingerprint density at radius 2 is 1.92 bits per heavy atom. The number of imidazole rings is 1. The van der Waals surface area contributed by atoms with Gasteiger partial charge in [0.25, 0.3) is 11.8 Å². The third-order valence-electron chi connectivity index (χ3n) is 7.27. The molecule has 196 valence electrons. The fourth-order valence-corrected chi connectivity index (χ4v) is 7.28. The summed E-state index contributed by atoms with van der Waals surface area (Å²) in [7, 11) is -2.12. The highest BCUT2D eigenvalue weighted by Gasteiger charge is 2.62. The van der Waals surface area contributed by atoms with E-state index in [0.29, 0.717) is 24.4 Å². The van der Waals surface area contributed by atoms with Gasteiger partial charge in [-0.15, -0.1) is 0 Å². The molecule has 0 saturated heterocycles. The van der Waals surface area contributed by atoms with E-state index < -0.39 is 31.3 Å². The van der Waals surface area contributed by atoms with Gasteiger partial charge >= 0.3 is 0 Å². The second kappa shape index (κ2) is 9.77. The summed E-state index contributed by atoms with van der Waals surface area (Å²) in [6.45, 7) is 4.13. The summed E-state index contributed by atoms with van der Waals surface area (Å²) in [6.07, 6.45) is 1.15. The molecular formula is C24H32ClN5O5S. The normalized spacial score (nSPS) is 18.0. The van der Waals surface area contributed by atoms with E-state index in [-0.39, 0.29) is 43.6 Å². The molecule has 1 aromatic carbocycles. The number of nitrogens with one attached hydrogen (secondary N) is 2. The third-order valence-corrected chi connectivity index (χ3v) is 10.9. The third kappa shape index (κ3) is 4.65. The molecule has 3 N–H and O–H groups in total. The molecule has 1 saturated carbocycles. The van der Waals surface area contributed by atoms with Crippen LogP contribution >= 0.6 is 11.6 Å². The number of aliphatic hydroxyl groups is 1. The predicted molar refractivity (Wildman–Crippen MR) is 136 cm³/mol. The van der Waals surface area contributed by atoms with Crippen molar-refractivity contribution in [3.05, 3.63) is 52.6 Å². The smallest absolute Gasteiger partial charge is 0.287 e. The zero-order valence-corrected chi connectivity index (χ0v) is 22.2. The van der Waals surface area contributed by atoms with Gasteiger partial charge in [-0.05, 0) is 51.4 Å². The topological polar surface area (TPSA) is 134 Å². The van der Waals surface area contributed by atoms with Gasteiger partial charge in [0, 0.05) is 37.7 Å². The van der Waals surface area contributed by atoms with Crippen LogP contribution in [0.3, 0.4) is 0 Å². The van der Waals surface area contributed by atoms with Crippen molar-refractivity contribution in [2.24, 2.45) is 0 Å². The lowest BCUT2D eigenvalue weighted by atomic mass is 10.1. The number of carbonyl (C=O) groups is 2. The number of aromatic nitrogens is 2. The van der Waals surface area contributed by atoms with Crippen molar-refractivity contribution in [2.75, 3.05) is 26.7 Å². The Bertz CT molecular complexity index is 1250. The summed E-state index contributed by atoms with van der Waals surface area (Å²) in [6, 6.07) is 7.10. The molecule has 2 aromatic rings. The zero-order valence-electron chi connectivity index (χ0n) is 20.6. The maximum atomic E-state index is 13.6. The zero-order chi connectivity index (χ0) is 26.3. The first-order valence-corrected chi connectivity index (χ1v) is 13.7. The molecule has 1 aliphatic heterocycles. The highest BCUT2D eigenvalue weighted by molar-refractivity contribution is 7.94. The number of benzene rings is 1. The number of sulfone groups is 1. The number of hydrogen-bond acceptors (Lipinski definition) is 7. The van der Waals surface area contributed by atoms with E-state index in [2.05, 4.69) is 15.6 Å². The molecule has 1 atom stereocenters. The summed E-state index contributed by atoms with van der Waals surface area (Å²) in [5.74, 6) is -0.628. The fraction of sp³-hybridized carbons (Fsp3) is 0.542. The first-order valence-electron chi connectivity index (χ1n) is 11.9. The standard InChI is InChI=1S/C24H32ClN5O5S/c1-23(2,19(31)14-26-3)36(34,35)24(8-9-24)15-29-10-11-30-18(22(29)33)13-27-20(30)21(32)28-12-16-4-6-17(25)7-5-16/h4-7,13,19,26,31H,8-12,14-15H2,1-3H3,(H,28,32). The van der Waals surface area contributed by atoms with Crippen molar-refractivity contribution < 1.29 is 23.1 Å². The number of hydrogen-bond donors (Lipinski definition) is 3. The van der Waals surface area contributed by atoms with Crippen LogP contribution in [0.25, 0.3) is 0 Å². The van der Waals surface area contributed by atoms with E-state index in [1.54, 1.807) is 23.7 Å². The van der Waals surface area contributed by atoms with Crippen molar-refractivity contribution in [1.29, 1.82) is 0 Å². The summed E-state index contributed by atoms with van der Waals surface area (Å²) in [5.41, 5.74) is 1.12. The van der Waals surface area contributed by atoms with Gasteiger partial charge in [0.05, 0.1) is 21.8 Å².